The molecule has 0 spiro atoms. The first kappa shape index (κ1) is 15.4. The maximum atomic E-state index is 13.3. The lowest BCUT2D eigenvalue weighted by Crippen LogP contribution is -2.24. The van der Waals surface area contributed by atoms with E-state index in [0.29, 0.717) is 11.3 Å². The summed E-state index contributed by atoms with van der Waals surface area (Å²) in [5.41, 5.74) is 1.29. The number of amides is 1. The number of carbonyl (C=O) groups is 2. The van der Waals surface area contributed by atoms with E-state index in [1.165, 1.54) is 37.4 Å². The van der Waals surface area contributed by atoms with Gasteiger partial charge in [-0.2, -0.15) is 5.10 Å². The lowest BCUT2D eigenvalue weighted by Gasteiger charge is -2.04. The number of aromatic nitrogens is 2. The number of hydrogen-bond donors (Lipinski definition) is 3. The third-order valence-corrected chi connectivity index (χ3v) is 3.01. The van der Waals surface area contributed by atoms with Crippen molar-refractivity contribution in [2.45, 2.75) is 6.92 Å². The SMILES string of the molecule is CC(=CCNC(=O)c1cn[nH]c1-c1cccc(F)c1)C(=O)O. The molecule has 1 heterocycles. The summed E-state index contributed by atoms with van der Waals surface area (Å²) in [6.07, 6.45) is 2.73. The molecule has 0 aliphatic heterocycles. The van der Waals surface area contributed by atoms with Crippen molar-refractivity contribution < 1.29 is 19.1 Å². The van der Waals surface area contributed by atoms with E-state index in [0.717, 1.165) is 0 Å². The van der Waals surface area contributed by atoms with Crippen molar-refractivity contribution in [1.29, 1.82) is 0 Å². The number of H-pyrrole nitrogens is 1. The normalized spacial score (nSPS) is 11.3. The molecule has 1 aromatic heterocycles. The second kappa shape index (κ2) is 6.66. The summed E-state index contributed by atoms with van der Waals surface area (Å²) in [7, 11) is 0. The number of carboxylic acid groups (broad SMARTS) is 1. The van der Waals surface area contributed by atoms with Crippen molar-refractivity contribution in [1.82, 2.24) is 15.5 Å². The van der Waals surface area contributed by atoms with Crippen molar-refractivity contribution in [2.24, 2.45) is 0 Å². The summed E-state index contributed by atoms with van der Waals surface area (Å²) in [5, 5.41) is 17.7. The molecule has 0 bridgehead atoms. The van der Waals surface area contributed by atoms with Gasteiger partial charge in [0.25, 0.3) is 5.91 Å². The number of nitrogens with zero attached hydrogens (tertiary/aromatic N) is 1. The molecule has 3 N–H and O–H groups in total. The Hall–Kier alpha value is -2.96. The Bertz CT molecular complexity index is 737. The van der Waals surface area contributed by atoms with E-state index in [-0.39, 0.29) is 17.7 Å². The summed E-state index contributed by atoms with van der Waals surface area (Å²) < 4.78 is 13.3. The van der Waals surface area contributed by atoms with Crippen LogP contribution >= 0.6 is 0 Å². The number of nitrogens with one attached hydrogen (secondary N) is 2. The molecule has 0 aliphatic carbocycles. The lowest BCUT2D eigenvalue weighted by molar-refractivity contribution is -0.132. The zero-order valence-electron chi connectivity index (χ0n) is 11.8. The van der Waals surface area contributed by atoms with E-state index in [1.54, 1.807) is 6.07 Å². The van der Waals surface area contributed by atoms with E-state index in [4.69, 9.17) is 5.11 Å². The number of rotatable bonds is 5. The van der Waals surface area contributed by atoms with Gasteiger partial charge in [-0.25, -0.2) is 9.18 Å². The highest BCUT2D eigenvalue weighted by Gasteiger charge is 2.15. The van der Waals surface area contributed by atoms with Crippen molar-refractivity contribution >= 4 is 11.9 Å². The molecule has 114 valence electrons. The summed E-state index contributed by atoms with van der Waals surface area (Å²) in [4.78, 5) is 22.7. The first-order valence-corrected chi connectivity index (χ1v) is 6.46. The molecule has 22 heavy (non-hydrogen) atoms. The minimum atomic E-state index is -1.04. The highest BCUT2D eigenvalue weighted by Crippen LogP contribution is 2.21. The van der Waals surface area contributed by atoms with Crippen molar-refractivity contribution in [3.8, 4) is 11.3 Å². The van der Waals surface area contributed by atoms with Crippen LogP contribution < -0.4 is 5.32 Å². The Kier molecular flexibility index (Phi) is 4.67. The zero-order valence-corrected chi connectivity index (χ0v) is 11.8. The molecule has 0 saturated heterocycles. The Morgan fingerprint density at radius 1 is 1.45 bits per heavy atom. The van der Waals surface area contributed by atoms with Crippen LogP contribution in [0.3, 0.4) is 0 Å². The average Bonchev–Trinajstić information content (AvgIpc) is 2.96. The quantitative estimate of drug-likeness (QED) is 0.736. The fourth-order valence-electron chi connectivity index (χ4n) is 1.80. The predicted octanol–water partition coefficient (Wildman–Crippen LogP) is 1.98. The molecule has 0 unspecified atom stereocenters. The van der Waals surface area contributed by atoms with Gasteiger partial charge in [0, 0.05) is 17.7 Å². The first-order valence-electron chi connectivity index (χ1n) is 6.46. The molecule has 1 aromatic carbocycles. The minimum absolute atomic E-state index is 0.0741. The van der Waals surface area contributed by atoms with Crippen LogP contribution in [-0.2, 0) is 4.79 Å². The molecule has 0 aliphatic rings. The number of benzene rings is 1. The van der Waals surface area contributed by atoms with Crippen LogP contribution in [0, 0.1) is 5.82 Å². The highest BCUT2D eigenvalue weighted by atomic mass is 19.1. The monoisotopic (exact) mass is 303 g/mol. The minimum Gasteiger partial charge on any atom is -0.478 e. The average molecular weight is 303 g/mol. The van der Waals surface area contributed by atoms with Gasteiger partial charge in [0.2, 0.25) is 0 Å². The van der Waals surface area contributed by atoms with Gasteiger partial charge in [0.1, 0.15) is 5.82 Å². The van der Waals surface area contributed by atoms with Crippen LogP contribution in [0.2, 0.25) is 0 Å². The fraction of sp³-hybridized carbons (Fsp3) is 0.133. The van der Waals surface area contributed by atoms with Gasteiger partial charge >= 0.3 is 5.97 Å². The predicted molar refractivity (Wildman–Crippen MR) is 77.7 cm³/mol. The second-order valence-corrected chi connectivity index (χ2v) is 4.57. The Labute approximate surface area is 125 Å². The smallest absolute Gasteiger partial charge is 0.331 e. The van der Waals surface area contributed by atoms with Gasteiger partial charge in [-0.15, -0.1) is 0 Å². The van der Waals surface area contributed by atoms with E-state index < -0.39 is 17.7 Å². The number of halogens is 1. The number of hydrogen-bond acceptors (Lipinski definition) is 3. The van der Waals surface area contributed by atoms with Gasteiger partial charge in [-0.1, -0.05) is 18.2 Å². The summed E-state index contributed by atoms with van der Waals surface area (Å²) in [6.45, 7) is 1.51. The Morgan fingerprint density at radius 3 is 2.91 bits per heavy atom. The summed E-state index contributed by atoms with van der Waals surface area (Å²) in [6, 6.07) is 5.78. The van der Waals surface area contributed by atoms with Crippen molar-refractivity contribution in [3.05, 3.63) is 53.5 Å². The van der Waals surface area contributed by atoms with Crippen LogP contribution in [0.5, 0.6) is 0 Å². The molecular formula is C15H14FN3O3. The standard InChI is InChI=1S/C15H14FN3O3/c1-9(15(21)22)5-6-17-14(20)12-8-18-19-13(12)10-3-2-4-11(16)7-10/h2-5,7-8H,6H2,1H3,(H,17,20)(H,18,19)(H,21,22). The van der Waals surface area contributed by atoms with E-state index in [1.807, 2.05) is 0 Å². The van der Waals surface area contributed by atoms with Crippen LogP contribution in [-0.4, -0.2) is 33.7 Å². The molecule has 7 heteroatoms. The summed E-state index contributed by atoms with van der Waals surface area (Å²) >= 11 is 0. The van der Waals surface area contributed by atoms with Crippen molar-refractivity contribution in [3.63, 3.8) is 0 Å². The largest absolute Gasteiger partial charge is 0.478 e. The third-order valence-electron chi connectivity index (χ3n) is 3.01. The molecule has 2 aromatic rings. The number of carboxylic acids is 1. The molecule has 0 radical (unpaired) electrons. The van der Waals surface area contributed by atoms with E-state index >= 15 is 0 Å². The zero-order chi connectivity index (χ0) is 16.1. The third kappa shape index (κ3) is 3.57. The lowest BCUT2D eigenvalue weighted by atomic mass is 10.1. The molecule has 2 rings (SSSR count). The molecule has 0 fully saturated rings. The summed E-state index contributed by atoms with van der Waals surface area (Å²) in [5.74, 6) is -1.89. The Balaban J connectivity index is 2.14. The van der Waals surface area contributed by atoms with Crippen molar-refractivity contribution in [2.75, 3.05) is 6.54 Å². The molecule has 1 amide bonds. The van der Waals surface area contributed by atoms with Gasteiger partial charge in [-0.3, -0.25) is 9.89 Å². The maximum absolute atomic E-state index is 13.3. The maximum Gasteiger partial charge on any atom is 0.331 e. The molecule has 6 nitrogen and oxygen atoms in total. The number of carbonyl (C=O) groups excluding carboxylic acids is 1. The highest BCUT2D eigenvalue weighted by molar-refractivity contribution is 5.99. The van der Waals surface area contributed by atoms with E-state index in [9.17, 15) is 14.0 Å². The van der Waals surface area contributed by atoms with Crippen LogP contribution in [0.25, 0.3) is 11.3 Å². The first-order chi connectivity index (χ1) is 10.5. The molecule has 0 atom stereocenters. The van der Waals surface area contributed by atoms with Gasteiger partial charge < -0.3 is 10.4 Å². The number of aromatic amines is 1. The number of aliphatic carboxylic acids is 1. The molecule has 0 saturated carbocycles. The van der Waals surface area contributed by atoms with Crippen LogP contribution in [0.4, 0.5) is 4.39 Å². The second-order valence-electron chi connectivity index (χ2n) is 4.57. The van der Waals surface area contributed by atoms with Gasteiger partial charge in [0.15, 0.2) is 0 Å². The van der Waals surface area contributed by atoms with E-state index in [2.05, 4.69) is 15.5 Å². The topological polar surface area (TPSA) is 95.1 Å². The van der Waals surface area contributed by atoms with Gasteiger partial charge in [0.05, 0.1) is 17.5 Å². The van der Waals surface area contributed by atoms with Gasteiger partial charge in [-0.05, 0) is 19.1 Å². The van der Waals surface area contributed by atoms with Crippen LogP contribution in [0.1, 0.15) is 17.3 Å². The van der Waals surface area contributed by atoms with Crippen LogP contribution in [0.15, 0.2) is 42.1 Å². The fourth-order valence-corrected chi connectivity index (χ4v) is 1.80. The Morgan fingerprint density at radius 2 is 2.23 bits per heavy atom. The molecular weight excluding hydrogens is 289 g/mol.